The van der Waals surface area contributed by atoms with Crippen molar-refractivity contribution in [1.82, 2.24) is 10.6 Å². The monoisotopic (exact) mass is 524 g/mol. The molecule has 30 heavy (non-hydrogen) atoms. The van der Waals surface area contributed by atoms with Crippen molar-refractivity contribution in [2.75, 3.05) is 26.1 Å². The van der Waals surface area contributed by atoms with Crippen molar-refractivity contribution in [1.29, 1.82) is 0 Å². The van der Waals surface area contributed by atoms with Gasteiger partial charge < -0.3 is 25.4 Å². The van der Waals surface area contributed by atoms with Crippen molar-refractivity contribution in [2.24, 2.45) is 4.99 Å². The summed E-state index contributed by atoms with van der Waals surface area (Å²) in [6.07, 6.45) is 1.38. The van der Waals surface area contributed by atoms with E-state index in [0.717, 1.165) is 35.4 Å². The molecule has 0 aromatic heterocycles. The van der Waals surface area contributed by atoms with Crippen LogP contribution in [0.3, 0.4) is 0 Å². The van der Waals surface area contributed by atoms with E-state index in [0.29, 0.717) is 25.7 Å². The number of hydrogen-bond donors (Lipinski definition) is 3. The van der Waals surface area contributed by atoms with Gasteiger partial charge in [-0.25, -0.2) is 0 Å². The Morgan fingerprint density at radius 3 is 2.50 bits per heavy atom. The molecule has 1 fully saturated rings. The van der Waals surface area contributed by atoms with Crippen LogP contribution in [0.2, 0.25) is 0 Å². The molecule has 1 aliphatic heterocycles. The molecule has 0 spiro atoms. The second kappa shape index (κ2) is 12.4. The van der Waals surface area contributed by atoms with Gasteiger partial charge in [-0.15, -0.1) is 24.0 Å². The van der Waals surface area contributed by atoms with Gasteiger partial charge in [0, 0.05) is 32.4 Å². The Morgan fingerprint density at radius 1 is 1.13 bits per heavy atom. The first-order chi connectivity index (χ1) is 14.2. The number of carbonyl (C=O) groups excluding carboxylic acids is 1. The number of halogens is 1. The number of anilines is 1. The van der Waals surface area contributed by atoms with E-state index in [4.69, 9.17) is 9.47 Å². The van der Waals surface area contributed by atoms with Crippen molar-refractivity contribution in [3.63, 3.8) is 0 Å². The zero-order chi connectivity index (χ0) is 20.5. The smallest absolute Gasteiger partial charge is 0.253 e. The highest BCUT2D eigenvalue weighted by atomic mass is 127. The lowest BCUT2D eigenvalue weighted by Gasteiger charge is -2.14. The summed E-state index contributed by atoms with van der Waals surface area (Å²) < 4.78 is 10.6. The predicted molar refractivity (Wildman–Crippen MR) is 129 cm³/mol. The van der Waals surface area contributed by atoms with Gasteiger partial charge in [0.1, 0.15) is 11.9 Å². The number of ether oxygens (including phenoxy) is 2. The molecule has 1 heterocycles. The number of aliphatic imine (C=N–C) groups is 1. The fourth-order valence-corrected chi connectivity index (χ4v) is 3.10. The molecular weight excluding hydrogens is 495 g/mol. The van der Waals surface area contributed by atoms with Crippen molar-refractivity contribution in [2.45, 2.75) is 32.0 Å². The van der Waals surface area contributed by atoms with Crippen LogP contribution in [0.5, 0.6) is 5.75 Å². The first kappa shape index (κ1) is 23.9. The molecule has 7 nitrogen and oxygen atoms in total. The third-order valence-corrected chi connectivity index (χ3v) is 4.72. The lowest BCUT2D eigenvalue weighted by molar-refractivity contribution is -0.124. The van der Waals surface area contributed by atoms with Crippen LogP contribution in [-0.4, -0.2) is 38.7 Å². The Morgan fingerprint density at radius 2 is 1.87 bits per heavy atom. The van der Waals surface area contributed by atoms with Crippen molar-refractivity contribution < 1.29 is 14.3 Å². The van der Waals surface area contributed by atoms with Gasteiger partial charge >= 0.3 is 0 Å². The van der Waals surface area contributed by atoms with Crippen molar-refractivity contribution >= 4 is 41.5 Å². The Balaban J connectivity index is 0.00000320. The summed E-state index contributed by atoms with van der Waals surface area (Å²) >= 11 is 0. The maximum Gasteiger partial charge on any atom is 0.253 e. The Bertz CT molecular complexity index is 837. The first-order valence-electron chi connectivity index (χ1n) is 9.77. The number of benzene rings is 2. The number of rotatable bonds is 7. The SMILES string of the molecule is CN=C(NCc1ccc(OC)cc1)NCc1cccc(NC(=O)C2CCCO2)c1.I. The Labute approximate surface area is 194 Å². The van der Waals surface area contributed by atoms with Crippen LogP contribution in [0.4, 0.5) is 5.69 Å². The minimum atomic E-state index is -0.335. The topological polar surface area (TPSA) is 84.0 Å². The summed E-state index contributed by atoms with van der Waals surface area (Å²) in [6.45, 7) is 1.90. The van der Waals surface area contributed by atoms with Crippen LogP contribution in [0.1, 0.15) is 24.0 Å². The van der Waals surface area contributed by atoms with Crippen molar-refractivity contribution in [3.8, 4) is 5.75 Å². The highest BCUT2D eigenvalue weighted by Gasteiger charge is 2.23. The van der Waals surface area contributed by atoms with Gasteiger partial charge in [0.05, 0.1) is 7.11 Å². The summed E-state index contributed by atoms with van der Waals surface area (Å²) in [5.41, 5.74) is 2.95. The number of carbonyl (C=O) groups is 1. The lowest BCUT2D eigenvalue weighted by Crippen LogP contribution is -2.36. The van der Waals surface area contributed by atoms with E-state index >= 15 is 0 Å². The van der Waals surface area contributed by atoms with Gasteiger partial charge in [0.2, 0.25) is 0 Å². The Kier molecular flexibility index (Phi) is 9.88. The third-order valence-electron chi connectivity index (χ3n) is 4.72. The van der Waals surface area contributed by atoms with Gasteiger partial charge in [-0.2, -0.15) is 0 Å². The van der Waals surface area contributed by atoms with Crippen LogP contribution in [0, 0.1) is 0 Å². The zero-order valence-electron chi connectivity index (χ0n) is 17.3. The molecule has 0 saturated carbocycles. The minimum Gasteiger partial charge on any atom is -0.497 e. The molecule has 3 N–H and O–H groups in total. The molecule has 1 amide bonds. The van der Waals surface area contributed by atoms with E-state index in [-0.39, 0.29) is 36.0 Å². The quantitative estimate of drug-likeness (QED) is 0.294. The molecule has 1 atom stereocenters. The number of guanidine groups is 1. The fraction of sp³-hybridized carbons (Fsp3) is 0.364. The largest absolute Gasteiger partial charge is 0.497 e. The molecule has 1 aliphatic rings. The third kappa shape index (κ3) is 7.17. The van der Waals surface area contributed by atoms with Crippen LogP contribution < -0.4 is 20.7 Å². The lowest BCUT2D eigenvalue weighted by atomic mass is 10.2. The molecule has 8 heteroatoms. The summed E-state index contributed by atoms with van der Waals surface area (Å²) in [5.74, 6) is 1.46. The predicted octanol–water partition coefficient (Wildman–Crippen LogP) is 3.30. The average Bonchev–Trinajstić information content (AvgIpc) is 3.30. The number of amides is 1. The van der Waals surface area contributed by atoms with E-state index in [1.807, 2.05) is 48.5 Å². The van der Waals surface area contributed by atoms with E-state index in [9.17, 15) is 4.79 Å². The summed E-state index contributed by atoms with van der Waals surface area (Å²) in [6, 6.07) is 15.7. The van der Waals surface area contributed by atoms with E-state index < -0.39 is 0 Å². The van der Waals surface area contributed by atoms with Crippen LogP contribution >= 0.6 is 24.0 Å². The molecule has 2 aromatic rings. The highest BCUT2D eigenvalue weighted by molar-refractivity contribution is 14.0. The van der Waals surface area contributed by atoms with Crippen LogP contribution in [-0.2, 0) is 22.6 Å². The van der Waals surface area contributed by atoms with Crippen molar-refractivity contribution in [3.05, 3.63) is 59.7 Å². The molecule has 3 rings (SSSR count). The molecule has 0 bridgehead atoms. The second-order valence-corrected chi connectivity index (χ2v) is 6.82. The summed E-state index contributed by atoms with van der Waals surface area (Å²) in [5, 5.41) is 9.51. The second-order valence-electron chi connectivity index (χ2n) is 6.82. The maximum atomic E-state index is 12.2. The van der Waals surface area contributed by atoms with E-state index in [1.54, 1.807) is 14.2 Å². The number of nitrogens with zero attached hydrogens (tertiary/aromatic N) is 1. The molecule has 1 saturated heterocycles. The number of methoxy groups -OCH3 is 1. The standard InChI is InChI=1S/C22H28N4O3.HI/c1-23-22(24-14-16-8-10-19(28-2)11-9-16)25-15-17-5-3-6-18(13-17)26-21(27)20-7-4-12-29-20;/h3,5-6,8-11,13,20H,4,7,12,14-15H2,1-2H3,(H,26,27)(H2,23,24,25);1H. The van der Waals surface area contributed by atoms with Crippen LogP contribution in [0.15, 0.2) is 53.5 Å². The fourth-order valence-electron chi connectivity index (χ4n) is 3.10. The molecular formula is C22H29IN4O3. The highest BCUT2D eigenvalue weighted by Crippen LogP contribution is 2.16. The molecule has 0 aliphatic carbocycles. The minimum absolute atomic E-state index is 0. The summed E-state index contributed by atoms with van der Waals surface area (Å²) in [7, 11) is 3.39. The number of nitrogens with one attached hydrogen (secondary N) is 3. The maximum absolute atomic E-state index is 12.2. The van der Waals surface area contributed by atoms with Gasteiger partial charge in [-0.1, -0.05) is 24.3 Å². The van der Waals surface area contributed by atoms with E-state index in [2.05, 4.69) is 20.9 Å². The van der Waals surface area contributed by atoms with Gasteiger partial charge in [-0.3, -0.25) is 9.79 Å². The average molecular weight is 524 g/mol. The molecule has 0 radical (unpaired) electrons. The van der Waals surface area contributed by atoms with Crippen LogP contribution in [0.25, 0.3) is 0 Å². The van der Waals surface area contributed by atoms with Gasteiger partial charge in [-0.05, 0) is 48.2 Å². The summed E-state index contributed by atoms with van der Waals surface area (Å²) in [4.78, 5) is 16.5. The van der Waals surface area contributed by atoms with Gasteiger partial charge in [0.25, 0.3) is 5.91 Å². The van der Waals surface area contributed by atoms with Gasteiger partial charge in [0.15, 0.2) is 5.96 Å². The molecule has 2 aromatic carbocycles. The molecule has 1 unspecified atom stereocenters. The zero-order valence-corrected chi connectivity index (χ0v) is 19.6. The number of hydrogen-bond acceptors (Lipinski definition) is 4. The normalized spacial score (nSPS) is 15.8. The Hall–Kier alpha value is -2.33. The van der Waals surface area contributed by atoms with E-state index in [1.165, 1.54) is 0 Å². The molecule has 162 valence electrons. The first-order valence-corrected chi connectivity index (χ1v) is 9.77.